The van der Waals surface area contributed by atoms with Crippen molar-refractivity contribution in [2.45, 2.75) is 26.9 Å². The monoisotopic (exact) mass is 276 g/mol. The van der Waals surface area contributed by atoms with Gasteiger partial charge in [0.05, 0.1) is 12.0 Å². The minimum atomic E-state index is 0.645. The van der Waals surface area contributed by atoms with Crippen LogP contribution in [-0.4, -0.2) is 34.3 Å². The number of rotatable bonds is 5. The first kappa shape index (κ1) is 14.1. The van der Waals surface area contributed by atoms with Crippen molar-refractivity contribution in [3.05, 3.63) is 35.7 Å². The summed E-state index contributed by atoms with van der Waals surface area (Å²) in [7, 11) is 1.75. The zero-order valence-corrected chi connectivity index (χ0v) is 12.1. The van der Waals surface area contributed by atoms with Crippen LogP contribution in [0.25, 0.3) is 0 Å². The second kappa shape index (κ2) is 6.74. The highest BCUT2D eigenvalue weighted by atomic mass is 16.5. The summed E-state index contributed by atoms with van der Waals surface area (Å²) < 4.78 is 7.14. The highest BCUT2D eigenvalue weighted by Crippen LogP contribution is 2.11. The minimum Gasteiger partial charge on any atom is -0.361 e. The quantitative estimate of drug-likeness (QED) is 0.625. The van der Waals surface area contributed by atoms with Gasteiger partial charge in [-0.3, -0.25) is 4.99 Å². The summed E-state index contributed by atoms with van der Waals surface area (Å²) in [6, 6.07) is 0. The van der Waals surface area contributed by atoms with E-state index < -0.39 is 0 Å². The first-order chi connectivity index (χ1) is 9.70. The van der Waals surface area contributed by atoms with Crippen molar-refractivity contribution in [1.82, 2.24) is 25.3 Å². The molecule has 2 N–H and O–H groups in total. The van der Waals surface area contributed by atoms with Gasteiger partial charge in [-0.25, -0.2) is 4.98 Å². The van der Waals surface area contributed by atoms with Gasteiger partial charge in [0.1, 0.15) is 5.76 Å². The molecule has 0 unspecified atom stereocenters. The molecule has 0 aromatic carbocycles. The van der Waals surface area contributed by atoms with E-state index in [1.807, 2.05) is 24.6 Å². The van der Waals surface area contributed by atoms with Gasteiger partial charge >= 0.3 is 0 Å². The lowest BCUT2D eigenvalue weighted by Gasteiger charge is -2.11. The van der Waals surface area contributed by atoms with E-state index in [1.165, 1.54) is 0 Å². The number of nitrogens with one attached hydrogen (secondary N) is 2. The summed E-state index contributed by atoms with van der Waals surface area (Å²) in [5.74, 6) is 1.59. The van der Waals surface area contributed by atoms with Crippen LogP contribution < -0.4 is 10.6 Å². The molecule has 2 heterocycles. The number of aliphatic imine (C=N–C) groups is 1. The van der Waals surface area contributed by atoms with Gasteiger partial charge in [-0.2, -0.15) is 0 Å². The van der Waals surface area contributed by atoms with E-state index in [1.54, 1.807) is 19.6 Å². The van der Waals surface area contributed by atoms with Crippen LogP contribution in [0.3, 0.4) is 0 Å². The fraction of sp³-hybridized carbons (Fsp3) is 0.462. The molecular weight excluding hydrogens is 256 g/mol. The number of imidazole rings is 1. The molecule has 0 bridgehead atoms. The van der Waals surface area contributed by atoms with Gasteiger partial charge in [0.15, 0.2) is 5.96 Å². The average Bonchev–Trinajstić information content (AvgIpc) is 3.06. The largest absolute Gasteiger partial charge is 0.361 e. The maximum Gasteiger partial charge on any atom is 0.191 e. The zero-order chi connectivity index (χ0) is 14.4. The van der Waals surface area contributed by atoms with Crippen molar-refractivity contribution in [2.24, 2.45) is 4.99 Å². The lowest BCUT2D eigenvalue weighted by atomic mass is 10.2. The third kappa shape index (κ3) is 3.59. The molecule has 0 saturated heterocycles. The number of hydrogen-bond acceptors (Lipinski definition) is 4. The molecule has 2 aromatic rings. The summed E-state index contributed by atoms with van der Waals surface area (Å²) in [6.45, 7) is 6.10. The van der Waals surface area contributed by atoms with Crippen LogP contribution in [0.1, 0.15) is 17.0 Å². The lowest BCUT2D eigenvalue weighted by molar-refractivity contribution is 0.392. The molecule has 108 valence electrons. The Hall–Kier alpha value is -2.31. The van der Waals surface area contributed by atoms with Crippen LogP contribution in [0.4, 0.5) is 0 Å². The highest BCUT2D eigenvalue weighted by molar-refractivity contribution is 5.79. The molecule has 0 aliphatic rings. The van der Waals surface area contributed by atoms with Gasteiger partial charge in [0.25, 0.3) is 0 Å². The molecule has 20 heavy (non-hydrogen) atoms. The van der Waals surface area contributed by atoms with Crippen molar-refractivity contribution >= 4 is 5.96 Å². The third-order valence-corrected chi connectivity index (χ3v) is 3.06. The van der Waals surface area contributed by atoms with Crippen molar-refractivity contribution in [3.8, 4) is 0 Å². The molecule has 7 heteroatoms. The number of aromatic nitrogens is 3. The molecule has 2 aromatic heterocycles. The number of aryl methyl sites for hydroxylation is 2. The summed E-state index contributed by atoms with van der Waals surface area (Å²) in [5, 5.41) is 10.4. The van der Waals surface area contributed by atoms with Crippen LogP contribution in [0.5, 0.6) is 0 Å². The molecule has 0 spiro atoms. The number of guanidine groups is 1. The Labute approximate surface area is 118 Å². The highest BCUT2D eigenvalue weighted by Gasteiger charge is 2.09. The van der Waals surface area contributed by atoms with E-state index in [4.69, 9.17) is 4.52 Å². The molecule has 0 amide bonds. The van der Waals surface area contributed by atoms with Crippen LogP contribution in [0, 0.1) is 13.8 Å². The predicted molar refractivity (Wildman–Crippen MR) is 76.4 cm³/mol. The van der Waals surface area contributed by atoms with Gasteiger partial charge in [-0.15, -0.1) is 0 Å². The summed E-state index contributed by atoms with van der Waals surface area (Å²) in [4.78, 5) is 8.19. The first-order valence-electron chi connectivity index (χ1n) is 6.52. The molecule has 0 atom stereocenters. The van der Waals surface area contributed by atoms with Crippen molar-refractivity contribution < 1.29 is 4.52 Å². The summed E-state index contributed by atoms with van der Waals surface area (Å²) >= 11 is 0. The van der Waals surface area contributed by atoms with Gasteiger partial charge in [-0.1, -0.05) is 5.16 Å². The van der Waals surface area contributed by atoms with E-state index in [0.29, 0.717) is 6.54 Å². The van der Waals surface area contributed by atoms with E-state index in [9.17, 15) is 0 Å². The van der Waals surface area contributed by atoms with Crippen molar-refractivity contribution in [1.29, 1.82) is 0 Å². The van der Waals surface area contributed by atoms with Crippen LogP contribution in [-0.2, 0) is 13.1 Å². The molecule has 0 aliphatic carbocycles. The Morgan fingerprint density at radius 1 is 1.40 bits per heavy atom. The van der Waals surface area contributed by atoms with Crippen molar-refractivity contribution in [3.63, 3.8) is 0 Å². The van der Waals surface area contributed by atoms with E-state index in [2.05, 4.69) is 25.8 Å². The Balaban J connectivity index is 1.78. The Kier molecular flexibility index (Phi) is 4.75. The predicted octanol–water partition coefficient (Wildman–Crippen LogP) is 0.853. The van der Waals surface area contributed by atoms with Gasteiger partial charge in [0, 0.05) is 44.6 Å². The Morgan fingerprint density at radius 2 is 2.25 bits per heavy atom. The molecular formula is C13H20N6O. The van der Waals surface area contributed by atoms with Crippen LogP contribution in [0.2, 0.25) is 0 Å². The number of hydrogen-bond donors (Lipinski definition) is 2. The smallest absolute Gasteiger partial charge is 0.191 e. The molecule has 7 nitrogen and oxygen atoms in total. The summed E-state index contributed by atoms with van der Waals surface area (Å²) in [5.41, 5.74) is 1.98. The molecule has 0 radical (unpaired) electrons. The zero-order valence-electron chi connectivity index (χ0n) is 12.1. The normalized spacial score (nSPS) is 11.7. The number of nitrogens with zero attached hydrogens (tertiary/aromatic N) is 4. The van der Waals surface area contributed by atoms with E-state index >= 15 is 0 Å². The van der Waals surface area contributed by atoms with E-state index in [-0.39, 0.29) is 0 Å². The SMILES string of the molecule is CN=C(NCCn1ccnc1)NCc1c(C)noc1C. The molecule has 0 fully saturated rings. The fourth-order valence-electron chi connectivity index (χ4n) is 1.87. The first-order valence-corrected chi connectivity index (χ1v) is 6.52. The average molecular weight is 276 g/mol. The maximum absolute atomic E-state index is 5.13. The second-order valence-corrected chi connectivity index (χ2v) is 4.46. The lowest BCUT2D eigenvalue weighted by Crippen LogP contribution is -2.38. The van der Waals surface area contributed by atoms with Gasteiger partial charge in [-0.05, 0) is 13.8 Å². The maximum atomic E-state index is 5.13. The molecule has 2 rings (SSSR count). The van der Waals surface area contributed by atoms with Gasteiger partial charge < -0.3 is 19.7 Å². The third-order valence-electron chi connectivity index (χ3n) is 3.06. The standard InChI is InChI=1S/C13H20N6O/c1-10-12(11(2)20-18-10)8-17-13(14-3)16-5-7-19-6-4-15-9-19/h4,6,9H,5,7-8H2,1-3H3,(H2,14,16,17). The van der Waals surface area contributed by atoms with Crippen LogP contribution >= 0.6 is 0 Å². The van der Waals surface area contributed by atoms with Gasteiger partial charge in [0.2, 0.25) is 0 Å². The minimum absolute atomic E-state index is 0.645. The summed E-state index contributed by atoms with van der Waals surface area (Å²) in [6.07, 6.45) is 5.49. The topological polar surface area (TPSA) is 80.3 Å². The van der Waals surface area contributed by atoms with E-state index in [0.717, 1.165) is 36.1 Å². The Bertz CT molecular complexity index is 538. The second-order valence-electron chi connectivity index (χ2n) is 4.46. The van der Waals surface area contributed by atoms with Crippen LogP contribution in [0.15, 0.2) is 28.2 Å². The Morgan fingerprint density at radius 3 is 2.85 bits per heavy atom. The fourth-order valence-corrected chi connectivity index (χ4v) is 1.87. The molecule has 0 aliphatic heterocycles. The van der Waals surface area contributed by atoms with Crippen molar-refractivity contribution in [2.75, 3.05) is 13.6 Å². The molecule has 0 saturated carbocycles.